The summed E-state index contributed by atoms with van der Waals surface area (Å²) in [5.74, 6) is 0.473. The van der Waals surface area contributed by atoms with E-state index in [0.29, 0.717) is 17.5 Å². The SMILES string of the molecule is Cc1cccc2c3c([nH]c12)CCN(C(=O)CSc1nnnn1C)C3. The average molecular weight is 342 g/mol. The summed E-state index contributed by atoms with van der Waals surface area (Å²) in [6, 6.07) is 6.31. The van der Waals surface area contributed by atoms with E-state index < -0.39 is 0 Å². The fourth-order valence-electron chi connectivity index (χ4n) is 3.16. The van der Waals surface area contributed by atoms with Crippen LogP contribution in [0.5, 0.6) is 0 Å². The number of rotatable bonds is 3. The number of aryl methyl sites for hydroxylation is 2. The van der Waals surface area contributed by atoms with E-state index in [4.69, 9.17) is 0 Å². The van der Waals surface area contributed by atoms with Gasteiger partial charge in [0.1, 0.15) is 0 Å². The van der Waals surface area contributed by atoms with Crippen LogP contribution in [0.4, 0.5) is 0 Å². The maximum atomic E-state index is 12.6. The van der Waals surface area contributed by atoms with Crippen molar-refractivity contribution in [1.82, 2.24) is 30.1 Å². The van der Waals surface area contributed by atoms with Crippen LogP contribution in [-0.2, 0) is 24.8 Å². The Hall–Kier alpha value is -2.35. The molecule has 0 saturated heterocycles. The van der Waals surface area contributed by atoms with Crippen LogP contribution >= 0.6 is 11.8 Å². The highest BCUT2D eigenvalue weighted by Crippen LogP contribution is 2.29. The molecule has 0 aliphatic carbocycles. The van der Waals surface area contributed by atoms with E-state index in [0.717, 1.165) is 13.0 Å². The molecule has 7 nitrogen and oxygen atoms in total. The molecule has 0 atom stereocenters. The van der Waals surface area contributed by atoms with Crippen LogP contribution in [0.15, 0.2) is 23.4 Å². The second-order valence-corrected chi connectivity index (χ2v) is 6.96. The van der Waals surface area contributed by atoms with Crippen molar-refractivity contribution in [1.29, 1.82) is 0 Å². The fraction of sp³-hybridized carbons (Fsp3) is 0.375. The summed E-state index contributed by atoms with van der Waals surface area (Å²) in [7, 11) is 1.77. The number of carbonyl (C=O) groups is 1. The molecule has 4 rings (SSSR count). The minimum Gasteiger partial charge on any atom is -0.358 e. The Morgan fingerprint density at radius 3 is 3.08 bits per heavy atom. The minimum atomic E-state index is 0.121. The Morgan fingerprint density at radius 2 is 2.29 bits per heavy atom. The number of para-hydroxylation sites is 1. The second kappa shape index (κ2) is 5.94. The summed E-state index contributed by atoms with van der Waals surface area (Å²) in [5, 5.41) is 13.2. The summed E-state index contributed by atoms with van der Waals surface area (Å²) >= 11 is 1.37. The number of tetrazole rings is 1. The number of hydrogen-bond donors (Lipinski definition) is 1. The van der Waals surface area contributed by atoms with Crippen LogP contribution < -0.4 is 0 Å². The number of benzene rings is 1. The van der Waals surface area contributed by atoms with Crippen molar-refractivity contribution in [2.75, 3.05) is 12.3 Å². The lowest BCUT2D eigenvalue weighted by atomic mass is 10.0. The standard InChI is InChI=1S/C16H18N6OS/c1-10-4-3-5-11-12-8-22(7-6-13(12)17-15(10)11)14(23)9-24-16-18-19-20-21(16)2/h3-5,17H,6-9H2,1-2H3. The number of aromatic nitrogens is 5. The molecule has 3 heterocycles. The van der Waals surface area contributed by atoms with Gasteiger partial charge in [-0.3, -0.25) is 4.79 Å². The Bertz CT molecular complexity index is 915. The highest BCUT2D eigenvalue weighted by atomic mass is 32.2. The normalized spacial score (nSPS) is 14.2. The van der Waals surface area contributed by atoms with Crippen LogP contribution in [0.25, 0.3) is 10.9 Å². The maximum absolute atomic E-state index is 12.6. The predicted molar refractivity (Wildman–Crippen MR) is 91.7 cm³/mol. The molecular weight excluding hydrogens is 324 g/mol. The number of H-pyrrole nitrogens is 1. The largest absolute Gasteiger partial charge is 0.358 e. The summed E-state index contributed by atoms with van der Waals surface area (Å²) in [4.78, 5) is 18.0. The first-order chi connectivity index (χ1) is 11.6. The molecule has 0 bridgehead atoms. The van der Waals surface area contributed by atoms with Gasteiger partial charge >= 0.3 is 0 Å². The zero-order chi connectivity index (χ0) is 16.7. The van der Waals surface area contributed by atoms with Gasteiger partial charge in [0.25, 0.3) is 0 Å². The van der Waals surface area contributed by atoms with Gasteiger partial charge in [0.2, 0.25) is 11.1 Å². The van der Waals surface area contributed by atoms with Crippen molar-refractivity contribution < 1.29 is 4.79 Å². The van der Waals surface area contributed by atoms with Crippen molar-refractivity contribution in [3.63, 3.8) is 0 Å². The van der Waals surface area contributed by atoms with Crippen molar-refractivity contribution in [3.8, 4) is 0 Å². The Kier molecular flexibility index (Phi) is 3.76. The number of fused-ring (bicyclic) bond motifs is 3. The second-order valence-electron chi connectivity index (χ2n) is 6.02. The van der Waals surface area contributed by atoms with Gasteiger partial charge < -0.3 is 9.88 Å². The molecule has 2 aromatic heterocycles. The van der Waals surface area contributed by atoms with Gasteiger partial charge in [0.05, 0.1) is 5.75 Å². The van der Waals surface area contributed by atoms with E-state index in [2.05, 4.69) is 45.6 Å². The summed E-state index contributed by atoms with van der Waals surface area (Å²) in [5.41, 5.74) is 4.94. The third kappa shape index (κ3) is 2.56. The highest BCUT2D eigenvalue weighted by Gasteiger charge is 2.24. The summed E-state index contributed by atoms with van der Waals surface area (Å²) in [6.45, 7) is 3.52. The molecule has 1 N–H and O–H groups in total. The number of carbonyl (C=O) groups excluding carboxylic acids is 1. The van der Waals surface area contributed by atoms with Gasteiger partial charge in [-0.15, -0.1) is 5.10 Å². The minimum absolute atomic E-state index is 0.121. The third-order valence-corrected chi connectivity index (χ3v) is 5.47. The van der Waals surface area contributed by atoms with E-state index in [-0.39, 0.29) is 5.91 Å². The quantitative estimate of drug-likeness (QED) is 0.733. The molecule has 24 heavy (non-hydrogen) atoms. The zero-order valence-corrected chi connectivity index (χ0v) is 14.4. The topological polar surface area (TPSA) is 79.7 Å². The number of aromatic amines is 1. The lowest BCUT2D eigenvalue weighted by Crippen LogP contribution is -2.36. The Balaban J connectivity index is 1.51. The molecule has 1 amide bonds. The van der Waals surface area contributed by atoms with Crippen LogP contribution in [0.1, 0.15) is 16.8 Å². The maximum Gasteiger partial charge on any atom is 0.233 e. The predicted octanol–water partition coefficient (Wildman–Crippen LogP) is 1.68. The first kappa shape index (κ1) is 15.2. The third-order valence-electron chi connectivity index (χ3n) is 4.48. The van der Waals surface area contributed by atoms with Gasteiger partial charge in [0, 0.05) is 48.7 Å². The lowest BCUT2D eigenvalue weighted by molar-refractivity contribution is -0.129. The Labute approximate surface area is 143 Å². The van der Waals surface area contributed by atoms with E-state index in [9.17, 15) is 4.79 Å². The average Bonchev–Trinajstić information content (AvgIpc) is 3.16. The van der Waals surface area contributed by atoms with E-state index >= 15 is 0 Å². The van der Waals surface area contributed by atoms with Crippen LogP contribution in [0.2, 0.25) is 0 Å². The monoisotopic (exact) mass is 342 g/mol. The van der Waals surface area contributed by atoms with Gasteiger partial charge in [0.15, 0.2) is 0 Å². The number of thioether (sulfide) groups is 1. The number of amides is 1. The number of nitrogens with one attached hydrogen (secondary N) is 1. The van der Waals surface area contributed by atoms with Crippen molar-refractivity contribution in [2.45, 2.75) is 25.0 Å². The van der Waals surface area contributed by atoms with Gasteiger partial charge in [-0.25, -0.2) is 4.68 Å². The summed E-state index contributed by atoms with van der Waals surface area (Å²) < 4.78 is 1.58. The summed E-state index contributed by atoms with van der Waals surface area (Å²) in [6.07, 6.45) is 0.866. The molecule has 0 radical (unpaired) electrons. The van der Waals surface area contributed by atoms with Crippen LogP contribution in [0.3, 0.4) is 0 Å². The number of hydrogen-bond acceptors (Lipinski definition) is 5. The van der Waals surface area contributed by atoms with Gasteiger partial charge in [-0.05, 0) is 22.9 Å². The molecule has 0 spiro atoms. The molecule has 0 fully saturated rings. The van der Waals surface area contributed by atoms with Gasteiger partial charge in [-0.2, -0.15) is 0 Å². The molecule has 1 aliphatic heterocycles. The molecule has 0 saturated carbocycles. The molecule has 0 unspecified atom stereocenters. The first-order valence-corrected chi connectivity index (χ1v) is 8.84. The van der Waals surface area contributed by atoms with Crippen LogP contribution in [-0.4, -0.2) is 48.3 Å². The van der Waals surface area contributed by atoms with Crippen LogP contribution in [0, 0.1) is 6.92 Å². The van der Waals surface area contributed by atoms with E-state index in [1.807, 2.05) is 4.90 Å². The van der Waals surface area contributed by atoms with Crippen molar-refractivity contribution in [2.24, 2.45) is 7.05 Å². The number of nitrogens with zero attached hydrogens (tertiary/aromatic N) is 5. The fourth-order valence-corrected chi connectivity index (χ4v) is 3.91. The van der Waals surface area contributed by atoms with E-state index in [1.165, 1.54) is 39.5 Å². The lowest BCUT2D eigenvalue weighted by Gasteiger charge is -2.27. The Morgan fingerprint density at radius 1 is 1.42 bits per heavy atom. The smallest absolute Gasteiger partial charge is 0.233 e. The molecule has 8 heteroatoms. The zero-order valence-electron chi connectivity index (χ0n) is 13.6. The van der Waals surface area contributed by atoms with E-state index in [1.54, 1.807) is 11.7 Å². The van der Waals surface area contributed by atoms with Gasteiger partial charge in [-0.1, -0.05) is 30.0 Å². The molecule has 3 aromatic rings. The first-order valence-electron chi connectivity index (χ1n) is 7.85. The van der Waals surface area contributed by atoms with Crippen molar-refractivity contribution in [3.05, 3.63) is 35.0 Å². The molecule has 124 valence electrons. The molecule has 1 aromatic carbocycles. The highest BCUT2D eigenvalue weighted by molar-refractivity contribution is 7.99. The molecular formula is C16H18N6OS. The van der Waals surface area contributed by atoms with Crippen molar-refractivity contribution >= 4 is 28.6 Å². The molecule has 1 aliphatic rings.